The fourth-order valence-corrected chi connectivity index (χ4v) is 3.82. The van der Waals surface area contributed by atoms with Crippen molar-refractivity contribution in [2.75, 3.05) is 6.54 Å². The summed E-state index contributed by atoms with van der Waals surface area (Å²) < 4.78 is 0. The number of hydrogen-bond acceptors (Lipinski definition) is 2. The van der Waals surface area contributed by atoms with Gasteiger partial charge in [0.25, 0.3) is 0 Å². The van der Waals surface area contributed by atoms with Gasteiger partial charge in [-0.25, -0.2) is 0 Å². The minimum absolute atomic E-state index is 0.0208. The monoisotopic (exact) mass is 288 g/mol. The molecule has 1 atom stereocenters. The minimum Gasteiger partial charge on any atom is -0.392 e. The van der Waals surface area contributed by atoms with Gasteiger partial charge in [-0.05, 0) is 36.3 Å². The van der Waals surface area contributed by atoms with E-state index in [4.69, 9.17) is 18.0 Å². The molecular formula is C16H20N2OS. The Labute approximate surface area is 124 Å². The van der Waals surface area contributed by atoms with Crippen LogP contribution in [0.15, 0.2) is 24.3 Å². The number of fused-ring (bicyclic) bond motifs is 1. The van der Waals surface area contributed by atoms with E-state index < -0.39 is 5.41 Å². The van der Waals surface area contributed by atoms with Gasteiger partial charge in [0.2, 0.25) is 5.91 Å². The molecule has 0 radical (unpaired) electrons. The lowest BCUT2D eigenvalue weighted by atomic mass is 9.62. The van der Waals surface area contributed by atoms with Gasteiger partial charge in [0.1, 0.15) is 0 Å². The predicted molar refractivity (Wildman–Crippen MR) is 83.5 cm³/mol. The van der Waals surface area contributed by atoms with Crippen molar-refractivity contribution in [2.45, 2.75) is 32.1 Å². The first-order valence-corrected chi connectivity index (χ1v) is 7.60. The van der Waals surface area contributed by atoms with Crippen LogP contribution in [0.5, 0.6) is 0 Å². The predicted octanol–water partition coefficient (Wildman–Crippen LogP) is 2.14. The van der Waals surface area contributed by atoms with Crippen molar-refractivity contribution in [2.24, 2.45) is 17.1 Å². The van der Waals surface area contributed by atoms with Crippen LogP contribution < -0.4 is 11.1 Å². The summed E-state index contributed by atoms with van der Waals surface area (Å²) in [5.41, 5.74) is 7.97. The summed E-state index contributed by atoms with van der Waals surface area (Å²) in [5, 5.41) is 3.06. The summed E-state index contributed by atoms with van der Waals surface area (Å²) in [6.45, 7) is 2.82. The molecule has 0 heterocycles. The van der Waals surface area contributed by atoms with Crippen molar-refractivity contribution in [1.29, 1.82) is 0 Å². The van der Waals surface area contributed by atoms with Gasteiger partial charge in [-0.15, -0.1) is 0 Å². The van der Waals surface area contributed by atoms with Crippen LogP contribution in [0.25, 0.3) is 0 Å². The van der Waals surface area contributed by atoms with Gasteiger partial charge in [0, 0.05) is 12.5 Å². The maximum atomic E-state index is 12.4. The average Bonchev–Trinajstić information content (AvgIpc) is 2.35. The van der Waals surface area contributed by atoms with Crippen molar-refractivity contribution >= 4 is 23.1 Å². The maximum Gasteiger partial charge on any atom is 0.233 e. The molecule has 3 rings (SSSR count). The van der Waals surface area contributed by atoms with Crippen LogP contribution in [-0.4, -0.2) is 17.4 Å². The molecule has 0 saturated heterocycles. The maximum absolute atomic E-state index is 12.4. The standard InChI is InChI=1S/C16H20N2OS/c1-10-7-16(8-10,14(17)20)15(19)18-9-12-6-11-4-2-3-5-13(11)12/h2-5,10,12H,6-9H2,1H3,(H2,17,20)(H,18,19). The molecule has 1 fully saturated rings. The van der Waals surface area contributed by atoms with E-state index in [1.165, 1.54) is 11.1 Å². The summed E-state index contributed by atoms with van der Waals surface area (Å²) >= 11 is 5.11. The Morgan fingerprint density at radius 1 is 1.45 bits per heavy atom. The Balaban J connectivity index is 1.60. The van der Waals surface area contributed by atoms with Crippen LogP contribution in [0, 0.1) is 11.3 Å². The Bertz CT molecular complexity index is 563. The number of benzene rings is 1. The van der Waals surface area contributed by atoms with Gasteiger partial charge in [0.05, 0.1) is 10.4 Å². The molecule has 1 aromatic rings. The molecule has 3 N–H and O–H groups in total. The summed E-state index contributed by atoms with van der Waals surface area (Å²) in [4.78, 5) is 12.8. The van der Waals surface area contributed by atoms with Gasteiger partial charge in [-0.2, -0.15) is 0 Å². The van der Waals surface area contributed by atoms with E-state index in [0.717, 1.165) is 19.3 Å². The largest absolute Gasteiger partial charge is 0.392 e. The number of thiocarbonyl (C=S) groups is 1. The number of amides is 1. The summed E-state index contributed by atoms with van der Waals surface area (Å²) in [5.74, 6) is 0.996. The Kier molecular flexibility index (Phi) is 3.28. The number of nitrogens with one attached hydrogen (secondary N) is 1. The average molecular weight is 288 g/mol. The molecule has 1 saturated carbocycles. The second-order valence-corrected chi connectivity index (χ2v) is 6.71. The van der Waals surface area contributed by atoms with Crippen LogP contribution >= 0.6 is 12.2 Å². The minimum atomic E-state index is -0.585. The highest BCUT2D eigenvalue weighted by atomic mass is 32.1. The van der Waals surface area contributed by atoms with Crippen LogP contribution in [-0.2, 0) is 11.2 Å². The van der Waals surface area contributed by atoms with E-state index in [1.54, 1.807) is 0 Å². The highest BCUT2D eigenvalue weighted by Crippen LogP contribution is 2.46. The molecule has 1 unspecified atom stereocenters. The van der Waals surface area contributed by atoms with E-state index in [-0.39, 0.29) is 5.91 Å². The first kappa shape index (κ1) is 13.6. The Hall–Kier alpha value is -1.42. The van der Waals surface area contributed by atoms with Gasteiger partial charge in [-0.1, -0.05) is 43.4 Å². The molecule has 2 aliphatic rings. The lowest BCUT2D eigenvalue weighted by molar-refractivity contribution is -0.132. The Morgan fingerprint density at radius 3 is 2.75 bits per heavy atom. The first-order chi connectivity index (χ1) is 9.53. The number of nitrogens with two attached hydrogens (primary N) is 1. The molecule has 106 valence electrons. The number of carbonyl (C=O) groups excluding carboxylic acids is 1. The lowest BCUT2D eigenvalue weighted by Crippen LogP contribution is -2.56. The lowest BCUT2D eigenvalue weighted by Gasteiger charge is -2.44. The van der Waals surface area contributed by atoms with Crippen molar-refractivity contribution in [3.8, 4) is 0 Å². The number of rotatable bonds is 4. The topological polar surface area (TPSA) is 55.1 Å². The van der Waals surface area contributed by atoms with Crippen LogP contribution in [0.2, 0.25) is 0 Å². The molecule has 1 aromatic carbocycles. The fraction of sp³-hybridized carbons (Fsp3) is 0.500. The second kappa shape index (κ2) is 4.85. The highest BCUT2D eigenvalue weighted by Gasteiger charge is 2.50. The van der Waals surface area contributed by atoms with Crippen molar-refractivity contribution in [3.05, 3.63) is 35.4 Å². The SMILES string of the molecule is CC1CC(C(=O)NCC2Cc3ccccc32)(C(N)=S)C1. The van der Waals surface area contributed by atoms with Crippen LogP contribution in [0.3, 0.4) is 0 Å². The molecule has 20 heavy (non-hydrogen) atoms. The quantitative estimate of drug-likeness (QED) is 0.835. The first-order valence-electron chi connectivity index (χ1n) is 7.19. The summed E-state index contributed by atoms with van der Waals surface area (Å²) in [7, 11) is 0. The Morgan fingerprint density at radius 2 is 2.15 bits per heavy atom. The molecule has 0 spiro atoms. The van der Waals surface area contributed by atoms with Crippen LogP contribution in [0.1, 0.15) is 36.8 Å². The summed E-state index contributed by atoms with van der Waals surface area (Å²) in [6, 6.07) is 8.41. The van der Waals surface area contributed by atoms with E-state index in [1.807, 2.05) is 0 Å². The molecule has 1 amide bonds. The van der Waals surface area contributed by atoms with Crippen molar-refractivity contribution in [3.63, 3.8) is 0 Å². The molecule has 0 aromatic heterocycles. The van der Waals surface area contributed by atoms with E-state index in [0.29, 0.717) is 23.4 Å². The molecule has 3 nitrogen and oxygen atoms in total. The number of hydrogen-bond donors (Lipinski definition) is 2. The smallest absolute Gasteiger partial charge is 0.233 e. The molecular weight excluding hydrogens is 268 g/mol. The van der Waals surface area contributed by atoms with Gasteiger partial charge in [0.15, 0.2) is 0 Å². The molecule has 4 heteroatoms. The van der Waals surface area contributed by atoms with Gasteiger partial charge < -0.3 is 11.1 Å². The third-order valence-electron chi connectivity index (χ3n) is 4.77. The van der Waals surface area contributed by atoms with Crippen molar-refractivity contribution < 1.29 is 4.79 Å². The summed E-state index contributed by atoms with van der Waals surface area (Å²) in [6.07, 6.45) is 2.62. The zero-order valence-corrected chi connectivity index (χ0v) is 12.5. The zero-order chi connectivity index (χ0) is 14.3. The third-order valence-corrected chi connectivity index (χ3v) is 5.16. The second-order valence-electron chi connectivity index (χ2n) is 6.27. The zero-order valence-electron chi connectivity index (χ0n) is 11.7. The highest BCUT2D eigenvalue weighted by molar-refractivity contribution is 7.80. The molecule has 2 aliphatic carbocycles. The van der Waals surface area contributed by atoms with E-state index in [9.17, 15) is 4.79 Å². The van der Waals surface area contributed by atoms with E-state index >= 15 is 0 Å². The van der Waals surface area contributed by atoms with Gasteiger partial charge >= 0.3 is 0 Å². The fourth-order valence-electron chi connectivity index (χ4n) is 3.56. The molecule has 0 aliphatic heterocycles. The van der Waals surface area contributed by atoms with Crippen molar-refractivity contribution in [1.82, 2.24) is 5.32 Å². The number of carbonyl (C=O) groups is 1. The third kappa shape index (κ3) is 2.03. The van der Waals surface area contributed by atoms with E-state index in [2.05, 4.69) is 36.5 Å². The normalized spacial score (nSPS) is 30.6. The van der Waals surface area contributed by atoms with Gasteiger partial charge in [-0.3, -0.25) is 4.79 Å². The van der Waals surface area contributed by atoms with Crippen LogP contribution in [0.4, 0.5) is 0 Å². The molecule has 0 bridgehead atoms.